The lowest BCUT2D eigenvalue weighted by molar-refractivity contribution is -0.142. The Labute approximate surface area is 153 Å². The average molecular weight is 363 g/mol. The third-order valence-corrected chi connectivity index (χ3v) is 4.01. The van der Waals surface area contributed by atoms with Crippen molar-refractivity contribution >= 4 is 12.1 Å². The van der Waals surface area contributed by atoms with Crippen LogP contribution in [0.1, 0.15) is 26.7 Å². The highest BCUT2D eigenvalue weighted by molar-refractivity contribution is 5.75. The van der Waals surface area contributed by atoms with Crippen LogP contribution in [0.5, 0.6) is 0 Å². The molecule has 0 aromatic heterocycles. The number of aliphatic hydroxyl groups is 1. The number of carbonyl (C=O) groups excluding carboxylic acids is 2. The molecular weight excluding hydrogens is 338 g/mol. The maximum Gasteiger partial charge on any atom is 0.408 e. The summed E-state index contributed by atoms with van der Waals surface area (Å²) in [4.78, 5) is 25.1. The van der Waals surface area contributed by atoms with Crippen molar-refractivity contribution < 1.29 is 24.2 Å². The van der Waals surface area contributed by atoms with Gasteiger partial charge in [0.15, 0.2) is 5.60 Å². The van der Waals surface area contributed by atoms with Gasteiger partial charge in [-0.05, 0) is 26.7 Å². The molecule has 0 aliphatic carbocycles. The normalized spacial score (nSPS) is 18.7. The minimum absolute atomic E-state index is 0.218. The van der Waals surface area contributed by atoms with Crippen molar-refractivity contribution in [1.82, 2.24) is 15.5 Å². The van der Waals surface area contributed by atoms with E-state index < -0.39 is 17.3 Å². The highest BCUT2D eigenvalue weighted by atomic mass is 16.6. The molecule has 8 nitrogen and oxygen atoms in total. The maximum atomic E-state index is 11.9. The second-order valence-corrected chi connectivity index (χ2v) is 6.38. The van der Waals surface area contributed by atoms with Gasteiger partial charge in [0, 0.05) is 13.1 Å². The highest BCUT2D eigenvalue weighted by Gasteiger charge is 2.42. The summed E-state index contributed by atoms with van der Waals surface area (Å²) >= 11 is 0. The van der Waals surface area contributed by atoms with Crippen molar-refractivity contribution in [2.24, 2.45) is 0 Å². The van der Waals surface area contributed by atoms with Gasteiger partial charge >= 0.3 is 12.1 Å². The minimum Gasteiger partial charge on any atom is -0.425 e. The van der Waals surface area contributed by atoms with Crippen LogP contribution in [-0.2, 0) is 9.47 Å². The van der Waals surface area contributed by atoms with E-state index in [2.05, 4.69) is 34.3 Å². The van der Waals surface area contributed by atoms with Crippen molar-refractivity contribution in [2.75, 3.05) is 39.4 Å². The van der Waals surface area contributed by atoms with E-state index in [0.29, 0.717) is 39.1 Å². The minimum atomic E-state index is -1.07. The van der Waals surface area contributed by atoms with Gasteiger partial charge in [0.25, 0.3) is 0 Å². The molecule has 2 fully saturated rings. The van der Waals surface area contributed by atoms with E-state index in [9.17, 15) is 14.7 Å². The zero-order valence-corrected chi connectivity index (χ0v) is 15.2. The molecule has 0 atom stereocenters. The Balaban J connectivity index is 1.51. The SMILES string of the molecule is CC#CC1(O)CN(C(=O)NCCCCNC(=O)OC2(C#CC)COC2)C1. The third-order valence-electron chi connectivity index (χ3n) is 4.01. The summed E-state index contributed by atoms with van der Waals surface area (Å²) in [5.74, 6) is 10.9. The molecule has 3 N–H and O–H groups in total. The van der Waals surface area contributed by atoms with E-state index in [1.165, 1.54) is 4.90 Å². The van der Waals surface area contributed by atoms with Gasteiger partial charge < -0.3 is 30.1 Å². The van der Waals surface area contributed by atoms with E-state index >= 15 is 0 Å². The number of nitrogens with one attached hydrogen (secondary N) is 2. The van der Waals surface area contributed by atoms with Gasteiger partial charge in [0.1, 0.15) is 13.2 Å². The summed E-state index contributed by atoms with van der Waals surface area (Å²) in [7, 11) is 0. The molecule has 0 radical (unpaired) electrons. The number of carbonyl (C=O) groups is 2. The number of rotatable bonds is 6. The first kappa shape index (κ1) is 19.9. The quantitative estimate of drug-likeness (QED) is 0.458. The van der Waals surface area contributed by atoms with Crippen molar-refractivity contribution in [3.63, 3.8) is 0 Å². The molecule has 0 aromatic carbocycles. The molecule has 0 spiro atoms. The first-order chi connectivity index (χ1) is 12.4. The molecule has 142 valence electrons. The number of unbranched alkanes of at least 4 members (excludes halogenated alkanes) is 1. The monoisotopic (exact) mass is 363 g/mol. The van der Waals surface area contributed by atoms with Crippen molar-refractivity contribution in [3.05, 3.63) is 0 Å². The van der Waals surface area contributed by atoms with Gasteiger partial charge in [-0.3, -0.25) is 0 Å². The maximum absolute atomic E-state index is 11.9. The van der Waals surface area contributed by atoms with Gasteiger partial charge in [0.05, 0.1) is 13.1 Å². The van der Waals surface area contributed by atoms with Crippen LogP contribution in [-0.4, -0.2) is 72.7 Å². The van der Waals surface area contributed by atoms with Crippen LogP contribution in [0.3, 0.4) is 0 Å². The van der Waals surface area contributed by atoms with E-state index in [1.54, 1.807) is 13.8 Å². The molecule has 0 aromatic rings. The van der Waals surface area contributed by atoms with Crippen LogP contribution >= 0.6 is 0 Å². The first-order valence-corrected chi connectivity index (χ1v) is 8.59. The molecule has 2 heterocycles. The van der Waals surface area contributed by atoms with E-state index in [0.717, 1.165) is 0 Å². The fourth-order valence-corrected chi connectivity index (χ4v) is 2.67. The zero-order chi connectivity index (χ0) is 19.0. The Morgan fingerprint density at radius 3 is 2.27 bits per heavy atom. The summed E-state index contributed by atoms with van der Waals surface area (Å²) in [5, 5.41) is 15.3. The number of likely N-dealkylation sites (tertiary alicyclic amines) is 1. The Morgan fingerprint density at radius 2 is 1.73 bits per heavy atom. The van der Waals surface area contributed by atoms with Gasteiger partial charge in [-0.2, -0.15) is 0 Å². The van der Waals surface area contributed by atoms with Crippen LogP contribution in [0.2, 0.25) is 0 Å². The van der Waals surface area contributed by atoms with E-state index in [-0.39, 0.29) is 19.1 Å². The molecular formula is C18H25N3O5. The van der Waals surface area contributed by atoms with Crippen LogP contribution in [0.25, 0.3) is 0 Å². The van der Waals surface area contributed by atoms with Crippen LogP contribution < -0.4 is 10.6 Å². The molecule has 8 heteroatoms. The molecule has 0 bridgehead atoms. The van der Waals surface area contributed by atoms with Crippen LogP contribution in [0.4, 0.5) is 9.59 Å². The summed E-state index contributed by atoms with van der Waals surface area (Å²) < 4.78 is 10.3. The van der Waals surface area contributed by atoms with Crippen molar-refractivity contribution in [1.29, 1.82) is 0 Å². The topological polar surface area (TPSA) is 100 Å². The number of hydrogen-bond acceptors (Lipinski definition) is 5. The Morgan fingerprint density at radius 1 is 1.12 bits per heavy atom. The summed E-state index contributed by atoms with van der Waals surface area (Å²) in [6.07, 6.45) is 0.892. The summed E-state index contributed by atoms with van der Waals surface area (Å²) in [6.45, 7) is 5.31. The fourth-order valence-electron chi connectivity index (χ4n) is 2.67. The Kier molecular flexibility index (Phi) is 6.73. The number of alkyl carbamates (subject to hydrolysis) is 1. The van der Waals surface area contributed by atoms with Gasteiger partial charge in [-0.25, -0.2) is 9.59 Å². The average Bonchev–Trinajstić information content (AvgIpc) is 2.53. The van der Waals surface area contributed by atoms with E-state index in [4.69, 9.17) is 9.47 Å². The first-order valence-electron chi connectivity index (χ1n) is 8.59. The molecule has 26 heavy (non-hydrogen) atoms. The summed E-state index contributed by atoms with van der Waals surface area (Å²) in [5.41, 5.74) is -1.88. The molecule has 2 saturated heterocycles. The molecule has 2 aliphatic heterocycles. The van der Waals surface area contributed by atoms with Gasteiger partial charge in [0.2, 0.25) is 5.60 Å². The van der Waals surface area contributed by atoms with Crippen molar-refractivity contribution in [2.45, 2.75) is 37.9 Å². The van der Waals surface area contributed by atoms with Crippen molar-refractivity contribution in [3.8, 4) is 23.7 Å². The van der Waals surface area contributed by atoms with Crippen LogP contribution in [0, 0.1) is 23.7 Å². The molecule has 3 amide bonds. The third kappa shape index (κ3) is 5.29. The number of amides is 3. The lowest BCUT2D eigenvalue weighted by Crippen LogP contribution is -2.64. The number of urea groups is 1. The second-order valence-electron chi connectivity index (χ2n) is 6.38. The number of nitrogens with zero attached hydrogens (tertiary/aromatic N) is 1. The van der Waals surface area contributed by atoms with Crippen LogP contribution in [0.15, 0.2) is 0 Å². The molecule has 2 aliphatic rings. The number of hydrogen-bond donors (Lipinski definition) is 3. The standard InChI is InChI=1S/C18H25N3O5/c1-3-7-17(24)11-21(12-17)15(22)19-9-5-6-10-20-16(23)26-18(8-4-2)13-25-14-18/h24H,5-6,9-14H2,1-2H3,(H,19,22)(H,20,23). The lowest BCUT2D eigenvalue weighted by atomic mass is 9.95. The number of β-amino-alcohol motifs (C(OH)–C–C–N with tert-alkyl or cyclic N) is 1. The molecule has 0 unspecified atom stereocenters. The number of ether oxygens (including phenoxy) is 2. The highest BCUT2D eigenvalue weighted by Crippen LogP contribution is 2.21. The predicted octanol–water partition coefficient (Wildman–Crippen LogP) is 0.0647. The Bertz CT molecular complexity index is 645. The Hall–Kier alpha value is -2.42. The van der Waals surface area contributed by atoms with E-state index in [1.807, 2.05) is 0 Å². The fraction of sp³-hybridized carbons (Fsp3) is 0.667. The largest absolute Gasteiger partial charge is 0.425 e. The summed E-state index contributed by atoms with van der Waals surface area (Å²) in [6, 6.07) is -0.218. The molecule has 2 rings (SSSR count). The smallest absolute Gasteiger partial charge is 0.408 e. The second kappa shape index (κ2) is 8.79. The molecule has 0 saturated carbocycles. The van der Waals surface area contributed by atoms with Gasteiger partial charge in [-0.1, -0.05) is 11.8 Å². The zero-order valence-electron chi connectivity index (χ0n) is 15.2. The lowest BCUT2D eigenvalue weighted by Gasteiger charge is -2.42. The predicted molar refractivity (Wildman–Crippen MR) is 94.1 cm³/mol. The van der Waals surface area contributed by atoms with Gasteiger partial charge in [-0.15, -0.1) is 11.8 Å².